The fourth-order valence-corrected chi connectivity index (χ4v) is 3.44. The normalized spacial score (nSPS) is 20.1. The minimum Gasteiger partial charge on any atom is -0.272 e. The molecule has 1 rings (SSSR count). The third kappa shape index (κ3) is 2.18. The first-order valence-corrected chi connectivity index (χ1v) is 7.09. The van der Waals surface area contributed by atoms with E-state index in [1.165, 1.54) is 0 Å². The van der Waals surface area contributed by atoms with Gasteiger partial charge in [0, 0.05) is 13.1 Å². The Labute approximate surface area is 106 Å². The van der Waals surface area contributed by atoms with Crippen molar-refractivity contribution < 1.29 is 18.0 Å². The molecule has 0 radical (unpaired) electrons. The second-order valence-corrected chi connectivity index (χ2v) is 5.67. The van der Waals surface area contributed by atoms with E-state index < -0.39 is 27.9 Å². The van der Waals surface area contributed by atoms with Crippen LogP contribution in [0.1, 0.15) is 26.7 Å². The molecule has 2 amide bonds. The standard InChI is InChI=1S/C10H15N3O4S/c1-3-5-12-9(14)8(7-11)10(15)13(6-4-2)18(12,16)17/h8H,3-6H2,1-2H3. The molecule has 0 aromatic rings. The first-order valence-electron chi connectivity index (χ1n) is 5.69. The van der Waals surface area contributed by atoms with Crippen molar-refractivity contribution in [1.29, 1.82) is 5.26 Å². The van der Waals surface area contributed by atoms with Gasteiger partial charge in [0.25, 0.3) is 11.8 Å². The van der Waals surface area contributed by atoms with E-state index in [0.717, 1.165) is 0 Å². The second kappa shape index (κ2) is 5.35. The van der Waals surface area contributed by atoms with Crippen molar-refractivity contribution in [2.45, 2.75) is 26.7 Å². The topological polar surface area (TPSA) is 98.5 Å². The molecule has 18 heavy (non-hydrogen) atoms. The Hall–Kier alpha value is -1.62. The van der Waals surface area contributed by atoms with Crippen LogP contribution in [0.25, 0.3) is 0 Å². The molecule has 1 aliphatic rings. The van der Waals surface area contributed by atoms with Crippen LogP contribution in [0.2, 0.25) is 0 Å². The molecule has 7 nitrogen and oxygen atoms in total. The maximum absolute atomic E-state index is 12.1. The summed E-state index contributed by atoms with van der Waals surface area (Å²) in [6.45, 7) is 3.38. The average molecular weight is 273 g/mol. The van der Waals surface area contributed by atoms with Gasteiger partial charge in [0.15, 0.2) is 0 Å². The molecule has 1 saturated heterocycles. The van der Waals surface area contributed by atoms with Crippen molar-refractivity contribution in [3.63, 3.8) is 0 Å². The second-order valence-electron chi connectivity index (χ2n) is 3.89. The maximum Gasteiger partial charge on any atom is 0.330 e. The summed E-state index contributed by atoms with van der Waals surface area (Å²) < 4.78 is 25.4. The van der Waals surface area contributed by atoms with Crippen molar-refractivity contribution in [3.8, 4) is 6.07 Å². The van der Waals surface area contributed by atoms with Crippen molar-refractivity contribution in [1.82, 2.24) is 8.61 Å². The Morgan fingerprint density at radius 1 is 1.11 bits per heavy atom. The van der Waals surface area contributed by atoms with Gasteiger partial charge in [-0.15, -0.1) is 0 Å². The monoisotopic (exact) mass is 273 g/mol. The minimum absolute atomic E-state index is 0.0210. The van der Waals surface area contributed by atoms with E-state index in [-0.39, 0.29) is 13.1 Å². The molecule has 0 N–H and O–H groups in total. The van der Waals surface area contributed by atoms with E-state index in [4.69, 9.17) is 5.26 Å². The van der Waals surface area contributed by atoms with Gasteiger partial charge in [0.05, 0.1) is 6.07 Å². The zero-order valence-corrected chi connectivity index (χ0v) is 11.1. The van der Waals surface area contributed by atoms with Gasteiger partial charge in [-0.2, -0.15) is 13.7 Å². The third-order valence-electron chi connectivity index (χ3n) is 2.53. The lowest BCUT2D eigenvalue weighted by molar-refractivity contribution is -0.142. The molecule has 0 unspecified atom stereocenters. The van der Waals surface area contributed by atoms with Gasteiger partial charge in [0.1, 0.15) is 0 Å². The highest BCUT2D eigenvalue weighted by Gasteiger charge is 2.49. The van der Waals surface area contributed by atoms with Gasteiger partial charge in [-0.1, -0.05) is 13.8 Å². The van der Waals surface area contributed by atoms with Gasteiger partial charge in [-0.05, 0) is 12.8 Å². The third-order valence-corrected chi connectivity index (χ3v) is 4.36. The molecule has 0 aromatic heterocycles. The van der Waals surface area contributed by atoms with Crippen LogP contribution in [0.3, 0.4) is 0 Å². The molecule has 0 saturated carbocycles. The van der Waals surface area contributed by atoms with Crippen LogP contribution in [0.4, 0.5) is 0 Å². The smallest absolute Gasteiger partial charge is 0.272 e. The molecule has 0 spiro atoms. The van der Waals surface area contributed by atoms with E-state index in [0.29, 0.717) is 21.5 Å². The van der Waals surface area contributed by atoms with Crippen LogP contribution >= 0.6 is 0 Å². The van der Waals surface area contributed by atoms with E-state index in [1.54, 1.807) is 19.9 Å². The number of carbonyl (C=O) groups excluding carboxylic acids is 2. The molecule has 1 heterocycles. The Morgan fingerprint density at radius 2 is 1.50 bits per heavy atom. The van der Waals surface area contributed by atoms with E-state index in [2.05, 4.69) is 0 Å². The molecule has 0 atom stereocenters. The highest BCUT2D eigenvalue weighted by molar-refractivity contribution is 7.88. The van der Waals surface area contributed by atoms with Crippen molar-refractivity contribution in [3.05, 3.63) is 0 Å². The molecule has 8 heteroatoms. The number of rotatable bonds is 4. The fourth-order valence-electron chi connectivity index (χ4n) is 1.71. The Kier molecular flexibility index (Phi) is 4.29. The summed E-state index contributed by atoms with van der Waals surface area (Å²) in [7, 11) is -4.11. The van der Waals surface area contributed by atoms with Gasteiger partial charge in [-0.25, -0.2) is 8.61 Å². The molecule has 1 fully saturated rings. The summed E-state index contributed by atoms with van der Waals surface area (Å²) in [4.78, 5) is 23.6. The molecular weight excluding hydrogens is 258 g/mol. The minimum atomic E-state index is -4.11. The van der Waals surface area contributed by atoms with E-state index in [1.807, 2.05) is 0 Å². The van der Waals surface area contributed by atoms with Crippen molar-refractivity contribution in [2.24, 2.45) is 5.92 Å². The molecule has 100 valence electrons. The Balaban J connectivity index is 3.26. The zero-order valence-electron chi connectivity index (χ0n) is 10.3. The Morgan fingerprint density at radius 3 is 1.78 bits per heavy atom. The predicted molar refractivity (Wildman–Crippen MR) is 62.0 cm³/mol. The maximum atomic E-state index is 12.1. The number of nitriles is 1. The van der Waals surface area contributed by atoms with Crippen molar-refractivity contribution in [2.75, 3.05) is 13.1 Å². The lowest BCUT2D eigenvalue weighted by atomic mass is 10.1. The zero-order chi connectivity index (χ0) is 13.9. The first kappa shape index (κ1) is 14.4. The van der Waals surface area contributed by atoms with Gasteiger partial charge >= 0.3 is 10.2 Å². The summed E-state index contributed by atoms with van der Waals surface area (Å²) in [5, 5.41) is 8.83. The lowest BCUT2D eigenvalue weighted by Gasteiger charge is -2.35. The number of hydrogen-bond donors (Lipinski definition) is 0. The summed E-state index contributed by atoms with van der Waals surface area (Å²) >= 11 is 0. The first-order chi connectivity index (χ1) is 8.41. The van der Waals surface area contributed by atoms with Gasteiger partial charge in [0.2, 0.25) is 5.92 Å². The fraction of sp³-hybridized carbons (Fsp3) is 0.700. The Bertz CT molecular complexity index is 462. The highest BCUT2D eigenvalue weighted by Crippen LogP contribution is 2.23. The SMILES string of the molecule is CCCN1C(=O)C(C#N)C(=O)N(CCC)S1(=O)=O. The van der Waals surface area contributed by atoms with Crippen molar-refractivity contribution >= 4 is 22.0 Å². The lowest BCUT2D eigenvalue weighted by Crippen LogP contribution is -2.59. The van der Waals surface area contributed by atoms with Crippen LogP contribution in [0.5, 0.6) is 0 Å². The molecule has 0 bridgehead atoms. The van der Waals surface area contributed by atoms with Gasteiger partial charge < -0.3 is 0 Å². The number of hydrogen-bond acceptors (Lipinski definition) is 5. The largest absolute Gasteiger partial charge is 0.330 e. The van der Waals surface area contributed by atoms with E-state index >= 15 is 0 Å². The highest BCUT2D eigenvalue weighted by atomic mass is 32.2. The van der Waals surface area contributed by atoms with Crippen LogP contribution in [-0.2, 0) is 19.8 Å². The number of carbonyl (C=O) groups is 2. The summed E-state index contributed by atoms with van der Waals surface area (Å²) in [6.07, 6.45) is 0.856. The van der Waals surface area contributed by atoms with Crippen LogP contribution in [0, 0.1) is 17.2 Å². The van der Waals surface area contributed by atoms with E-state index in [9.17, 15) is 18.0 Å². The van der Waals surface area contributed by atoms with Gasteiger partial charge in [-0.3, -0.25) is 9.59 Å². The molecule has 0 aliphatic carbocycles. The van der Waals surface area contributed by atoms with Crippen LogP contribution in [0.15, 0.2) is 0 Å². The summed E-state index contributed by atoms with van der Waals surface area (Å²) in [6, 6.07) is 1.57. The number of nitrogens with zero attached hydrogens (tertiary/aromatic N) is 3. The molecule has 0 aromatic carbocycles. The predicted octanol–water partition coefficient (Wildman–Crippen LogP) is -0.138. The molecular formula is C10H15N3O4S. The summed E-state index contributed by atoms with van der Waals surface area (Å²) in [5.41, 5.74) is 0. The van der Waals surface area contributed by atoms with Crippen LogP contribution < -0.4 is 0 Å². The van der Waals surface area contributed by atoms with Crippen LogP contribution in [-0.4, -0.2) is 41.9 Å². The number of amides is 2. The average Bonchev–Trinajstić information content (AvgIpc) is 2.31. The summed E-state index contributed by atoms with van der Waals surface area (Å²) in [5.74, 6) is -3.44. The quantitative estimate of drug-likeness (QED) is 0.664. The molecule has 1 aliphatic heterocycles.